The summed E-state index contributed by atoms with van der Waals surface area (Å²) < 4.78 is 37.8. The quantitative estimate of drug-likeness (QED) is 0.377. The molecule has 0 unspecified atom stereocenters. The Bertz CT molecular complexity index is 1260. The molecule has 3 aromatic carbocycles. The van der Waals surface area contributed by atoms with Crippen LogP contribution >= 0.6 is 23.4 Å². The Morgan fingerprint density at radius 2 is 1.71 bits per heavy atom. The van der Waals surface area contributed by atoms with Crippen molar-refractivity contribution >= 4 is 46.2 Å². The van der Waals surface area contributed by atoms with E-state index in [0.29, 0.717) is 44.5 Å². The second-order valence-corrected chi connectivity index (χ2v) is 8.57. The van der Waals surface area contributed by atoms with Crippen molar-refractivity contribution in [2.75, 3.05) is 6.61 Å². The summed E-state index contributed by atoms with van der Waals surface area (Å²) in [7, 11) is 0. The number of carbonyl (C=O) groups excluding carboxylic acids is 1. The Kier molecular flexibility index (Phi) is 7.49. The van der Waals surface area contributed by atoms with Crippen LogP contribution in [-0.2, 0) is 11.4 Å². The van der Waals surface area contributed by atoms with Gasteiger partial charge in [-0.05, 0) is 84.4 Å². The van der Waals surface area contributed by atoms with Gasteiger partial charge in [0.05, 0.1) is 22.2 Å². The van der Waals surface area contributed by atoms with E-state index in [1.807, 2.05) is 6.92 Å². The standard InChI is InChI=1S/C25H19ClF2N2O3S/c1-2-32-21-12-16(11-20(26)23(21)33-14-15-3-5-17(27)6-4-15)13-22-24(31)30-25(34-22)29-19-9-7-18(28)8-10-19/h3-13H,2,14H2,1H3,(H,29,30,31)/b22-13+. The SMILES string of the molecule is CCOc1cc(/C=C2/SC(=Nc3ccc(F)cc3)NC2=O)cc(Cl)c1OCc1ccc(F)cc1. The Hall–Kier alpha value is -3.36. The highest BCUT2D eigenvalue weighted by molar-refractivity contribution is 8.18. The van der Waals surface area contributed by atoms with Crippen molar-refractivity contribution in [1.82, 2.24) is 5.32 Å². The maximum atomic E-state index is 13.1. The molecule has 1 amide bonds. The lowest BCUT2D eigenvalue weighted by molar-refractivity contribution is -0.115. The van der Waals surface area contributed by atoms with Gasteiger partial charge in [-0.15, -0.1) is 0 Å². The number of carbonyl (C=O) groups is 1. The van der Waals surface area contributed by atoms with Gasteiger partial charge in [0.2, 0.25) is 0 Å². The number of hydrogen-bond acceptors (Lipinski definition) is 5. The van der Waals surface area contributed by atoms with Crippen molar-refractivity contribution in [2.45, 2.75) is 13.5 Å². The van der Waals surface area contributed by atoms with Gasteiger partial charge in [-0.2, -0.15) is 0 Å². The molecule has 1 aliphatic heterocycles. The Morgan fingerprint density at radius 3 is 2.38 bits per heavy atom. The van der Waals surface area contributed by atoms with Crippen LogP contribution in [0.3, 0.4) is 0 Å². The number of nitrogens with one attached hydrogen (secondary N) is 1. The molecule has 174 valence electrons. The van der Waals surface area contributed by atoms with Gasteiger partial charge in [0.1, 0.15) is 18.2 Å². The van der Waals surface area contributed by atoms with Gasteiger partial charge < -0.3 is 14.8 Å². The largest absolute Gasteiger partial charge is 0.490 e. The second-order valence-electron chi connectivity index (χ2n) is 7.14. The van der Waals surface area contributed by atoms with E-state index in [4.69, 9.17) is 21.1 Å². The van der Waals surface area contributed by atoms with Crippen LogP contribution in [0, 0.1) is 11.6 Å². The van der Waals surface area contributed by atoms with Gasteiger partial charge in [0, 0.05) is 0 Å². The second kappa shape index (κ2) is 10.7. The van der Waals surface area contributed by atoms with E-state index in [-0.39, 0.29) is 24.1 Å². The van der Waals surface area contributed by atoms with Crippen molar-refractivity contribution in [3.63, 3.8) is 0 Å². The molecule has 0 aliphatic carbocycles. The summed E-state index contributed by atoms with van der Waals surface area (Å²) in [6.07, 6.45) is 1.67. The topological polar surface area (TPSA) is 59.9 Å². The molecule has 9 heteroatoms. The van der Waals surface area contributed by atoms with E-state index < -0.39 is 0 Å². The number of aliphatic imine (C=N–C) groups is 1. The highest BCUT2D eigenvalue weighted by Gasteiger charge is 2.24. The first-order valence-corrected chi connectivity index (χ1v) is 11.5. The molecule has 0 radical (unpaired) electrons. The fourth-order valence-corrected chi connectivity index (χ4v) is 4.19. The van der Waals surface area contributed by atoms with Crippen LogP contribution < -0.4 is 14.8 Å². The number of ether oxygens (including phenoxy) is 2. The lowest BCUT2D eigenvalue weighted by Gasteiger charge is -2.14. The normalized spacial score (nSPS) is 15.6. The smallest absolute Gasteiger partial charge is 0.264 e. The number of amidine groups is 1. The third kappa shape index (κ3) is 5.95. The van der Waals surface area contributed by atoms with E-state index in [9.17, 15) is 13.6 Å². The Balaban J connectivity index is 1.54. The number of rotatable bonds is 7. The average Bonchev–Trinajstić information content (AvgIpc) is 3.14. The summed E-state index contributed by atoms with van der Waals surface area (Å²) in [6, 6.07) is 15.0. The molecule has 0 saturated carbocycles. The molecule has 34 heavy (non-hydrogen) atoms. The Morgan fingerprint density at radius 1 is 1.03 bits per heavy atom. The predicted molar refractivity (Wildman–Crippen MR) is 131 cm³/mol. The molecule has 0 spiro atoms. The molecule has 0 atom stereocenters. The number of thioether (sulfide) groups is 1. The zero-order chi connectivity index (χ0) is 24.1. The zero-order valence-corrected chi connectivity index (χ0v) is 19.6. The number of nitrogens with zero attached hydrogens (tertiary/aromatic N) is 1. The number of hydrogen-bond donors (Lipinski definition) is 1. The van der Waals surface area contributed by atoms with Crippen molar-refractivity contribution in [2.24, 2.45) is 4.99 Å². The van der Waals surface area contributed by atoms with Crippen LogP contribution in [0.2, 0.25) is 5.02 Å². The van der Waals surface area contributed by atoms with Crippen LogP contribution in [0.4, 0.5) is 14.5 Å². The van der Waals surface area contributed by atoms with Gasteiger partial charge in [0.25, 0.3) is 5.91 Å². The van der Waals surface area contributed by atoms with Crippen LogP contribution in [0.5, 0.6) is 11.5 Å². The molecular formula is C25H19ClF2N2O3S. The van der Waals surface area contributed by atoms with Crippen LogP contribution in [0.1, 0.15) is 18.1 Å². The lowest BCUT2D eigenvalue weighted by atomic mass is 10.1. The molecule has 5 nitrogen and oxygen atoms in total. The fraction of sp³-hybridized carbons (Fsp3) is 0.120. The first-order chi connectivity index (χ1) is 16.4. The van der Waals surface area contributed by atoms with Crippen LogP contribution in [0.25, 0.3) is 6.08 Å². The lowest BCUT2D eigenvalue weighted by Crippen LogP contribution is -2.19. The Labute approximate surface area is 204 Å². The predicted octanol–water partition coefficient (Wildman–Crippen LogP) is 6.49. The molecule has 1 aliphatic rings. The van der Waals surface area contributed by atoms with E-state index >= 15 is 0 Å². The van der Waals surface area contributed by atoms with Gasteiger partial charge in [-0.3, -0.25) is 4.79 Å². The maximum Gasteiger partial charge on any atom is 0.264 e. The number of amides is 1. The minimum Gasteiger partial charge on any atom is -0.490 e. The van der Waals surface area contributed by atoms with Crippen molar-refractivity contribution < 1.29 is 23.0 Å². The van der Waals surface area contributed by atoms with Gasteiger partial charge in [-0.1, -0.05) is 23.7 Å². The van der Waals surface area contributed by atoms with E-state index in [2.05, 4.69) is 10.3 Å². The first-order valence-electron chi connectivity index (χ1n) is 10.3. The van der Waals surface area contributed by atoms with Crippen molar-refractivity contribution in [3.8, 4) is 11.5 Å². The van der Waals surface area contributed by atoms with E-state index in [1.165, 1.54) is 36.4 Å². The molecule has 0 aromatic heterocycles. The monoisotopic (exact) mass is 500 g/mol. The van der Waals surface area contributed by atoms with Crippen molar-refractivity contribution in [1.29, 1.82) is 0 Å². The summed E-state index contributed by atoms with van der Waals surface area (Å²) in [5.74, 6) is -0.213. The summed E-state index contributed by atoms with van der Waals surface area (Å²) in [5.41, 5.74) is 1.94. The third-order valence-corrected chi connectivity index (χ3v) is 5.82. The molecule has 1 saturated heterocycles. The van der Waals surface area contributed by atoms with E-state index in [1.54, 1.807) is 30.3 Å². The van der Waals surface area contributed by atoms with Gasteiger partial charge >= 0.3 is 0 Å². The summed E-state index contributed by atoms with van der Waals surface area (Å²) in [4.78, 5) is 17.2. The van der Waals surface area contributed by atoms with Crippen LogP contribution in [0.15, 0.2) is 70.6 Å². The summed E-state index contributed by atoms with van der Waals surface area (Å²) in [5, 5.41) is 3.39. The molecule has 3 aromatic rings. The summed E-state index contributed by atoms with van der Waals surface area (Å²) in [6.45, 7) is 2.40. The van der Waals surface area contributed by atoms with Gasteiger partial charge in [-0.25, -0.2) is 13.8 Å². The molecule has 0 bridgehead atoms. The van der Waals surface area contributed by atoms with Gasteiger partial charge in [0.15, 0.2) is 16.7 Å². The average molecular weight is 501 g/mol. The molecule has 4 rings (SSSR count). The minimum atomic E-state index is -0.361. The highest BCUT2D eigenvalue weighted by atomic mass is 35.5. The van der Waals surface area contributed by atoms with Crippen LogP contribution in [-0.4, -0.2) is 17.7 Å². The maximum absolute atomic E-state index is 13.1. The third-order valence-electron chi connectivity index (χ3n) is 4.63. The van der Waals surface area contributed by atoms with Crippen molar-refractivity contribution in [3.05, 3.63) is 93.4 Å². The zero-order valence-electron chi connectivity index (χ0n) is 18.0. The fourth-order valence-electron chi connectivity index (χ4n) is 3.08. The molecule has 1 heterocycles. The molecular weight excluding hydrogens is 482 g/mol. The molecule has 1 N–H and O–H groups in total. The summed E-state index contributed by atoms with van der Waals surface area (Å²) >= 11 is 7.64. The first kappa shape index (κ1) is 23.8. The molecule has 1 fully saturated rings. The number of halogens is 3. The highest BCUT2D eigenvalue weighted by Crippen LogP contribution is 2.39. The number of benzene rings is 3. The minimum absolute atomic E-state index is 0.183. The van der Waals surface area contributed by atoms with E-state index in [0.717, 1.165) is 17.3 Å².